The van der Waals surface area contributed by atoms with Crippen molar-refractivity contribution < 1.29 is 13.2 Å². The van der Waals surface area contributed by atoms with Crippen LogP contribution in [0.1, 0.15) is 22.8 Å². The highest BCUT2D eigenvalue weighted by atomic mass is 32.1. The number of halogens is 3. The van der Waals surface area contributed by atoms with Gasteiger partial charge >= 0.3 is 6.18 Å². The zero-order valence-corrected chi connectivity index (χ0v) is 12.2. The van der Waals surface area contributed by atoms with E-state index in [1.165, 1.54) is 4.88 Å². The minimum absolute atomic E-state index is 0.354. The number of aromatic nitrogens is 2. The number of alkyl halides is 3. The van der Waals surface area contributed by atoms with Gasteiger partial charge in [0.1, 0.15) is 5.82 Å². The quantitative estimate of drug-likeness (QED) is 0.938. The number of imidazole rings is 1. The van der Waals surface area contributed by atoms with Crippen LogP contribution in [0.25, 0.3) is 0 Å². The maximum atomic E-state index is 12.6. The van der Waals surface area contributed by atoms with Crippen molar-refractivity contribution in [1.29, 1.82) is 0 Å². The van der Waals surface area contributed by atoms with E-state index in [2.05, 4.69) is 16.4 Å². The predicted octanol–water partition coefficient (Wildman–Crippen LogP) is 3.32. The zero-order valence-electron chi connectivity index (χ0n) is 11.4. The molecule has 3 heterocycles. The van der Waals surface area contributed by atoms with Gasteiger partial charge in [-0.3, -0.25) is 0 Å². The second kappa shape index (κ2) is 5.81. The lowest BCUT2D eigenvalue weighted by Gasteiger charge is -2.23. The van der Waals surface area contributed by atoms with Gasteiger partial charge in [0.05, 0.1) is 0 Å². The smallest absolute Gasteiger partial charge is 0.334 e. The van der Waals surface area contributed by atoms with Crippen LogP contribution in [0.2, 0.25) is 0 Å². The Morgan fingerprint density at radius 1 is 1.43 bits per heavy atom. The standard InChI is InChI=1S/C14H16F3N3S/c15-14(16,17)12-9-20-8-10(3-4-13(20)19-12)6-18-7-11-2-1-5-21-11/h1-2,5,9-10,18H,3-4,6-8H2. The van der Waals surface area contributed by atoms with E-state index in [-0.39, 0.29) is 0 Å². The van der Waals surface area contributed by atoms with Gasteiger partial charge in [-0.05, 0) is 23.8 Å². The first-order chi connectivity index (χ1) is 10.0. The summed E-state index contributed by atoms with van der Waals surface area (Å²) in [5.41, 5.74) is -0.773. The van der Waals surface area contributed by atoms with Crippen molar-refractivity contribution in [2.75, 3.05) is 6.54 Å². The molecule has 114 valence electrons. The van der Waals surface area contributed by atoms with Gasteiger partial charge in [0.15, 0.2) is 5.69 Å². The first kappa shape index (κ1) is 14.6. The molecule has 0 spiro atoms. The third-order valence-corrected chi connectivity index (χ3v) is 4.57. The molecule has 2 aromatic heterocycles. The molecule has 0 aliphatic carbocycles. The van der Waals surface area contributed by atoms with Crippen molar-refractivity contribution in [2.24, 2.45) is 5.92 Å². The molecule has 21 heavy (non-hydrogen) atoms. The molecule has 3 rings (SSSR count). The van der Waals surface area contributed by atoms with Crippen molar-refractivity contribution >= 4 is 11.3 Å². The van der Waals surface area contributed by atoms with E-state index in [9.17, 15) is 13.2 Å². The van der Waals surface area contributed by atoms with Gasteiger partial charge in [-0.25, -0.2) is 4.98 Å². The van der Waals surface area contributed by atoms with E-state index < -0.39 is 11.9 Å². The fourth-order valence-electron chi connectivity index (χ4n) is 2.63. The number of thiophene rings is 1. The Hall–Kier alpha value is -1.34. The zero-order chi connectivity index (χ0) is 14.9. The van der Waals surface area contributed by atoms with Crippen molar-refractivity contribution in [3.8, 4) is 0 Å². The summed E-state index contributed by atoms with van der Waals surface area (Å²) < 4.78 is 39.6. The minimum atomic E-state index is -4.35. The molecule has 0 fully saturated rings. The van der Waals surface area contributed by atoms with Crippen LogP contribution in [-0.4, -0.2) is 16.1 Å². The van der Waals surface area contributed by atoms with Gasteiger partial charge in [-0.1, -0.05) is 6.07 Å². The van der Waals surface area contributed by atoms with Gasteiger partial charge in [0.2, 0.25) is 0 Å². The molecule has 1 unspecified atom stereocenters. The fourth-order valence-corrected chi connectivity index (χ4v) is 3.30. The summed E-state index contributed by atoms with van der Waals surface area (Å²) in [7, 11) is 0. The number of aryl methyl sites for hydroxylation is 1. The Morgan fingerprint density at radius 3 is 3.00 bits per heavy atom. The molecule has 7 heteroatoms. The maximum Gasteiger partial charge on any atom is 0.434 e. The summed E-state index contributed by atoms with van der Waals surface area (Å²) in [5, 5.41) is 5.42. The van der Waals surface area contributed by atoms with Crippen LogP contribution in [0.4, 0.5) is 13.2 Å². The highest BCUT2D eigenvalue weighted by Crippen LogP contribution is 2.30. The van der Waals surface area contributed by atoms with Gasteiger partial charge < -0.3 is 9.88 Å². The van der Waals surface area contributed by atoms with Gasteiger partial charge in [-0.15, -0.1) is 11.3 Å². The fraction of sp³-hybridized carbons (Fsp3) is 0.500. The maximum absolute atomic E-state index is 12.6. The van der Waals surface area contributed by atoms with E-state index >= 15 is 0 Å². The SMILES string of the molecule is FC(F)(F)c1cn2c(n1)CCC(CNCc1cccs1)C2. The monoisotopic (exact) mass is 315 g/mol. The lowest BCUT2D eigenvalue weighted by molar-refractivity contribution is -0.141. The Bertz CT molecular complexity index is 589. The Balaban J connectivity index is 1.56. The van der Waals surface area contributed by atoms with Crippen LogP contribution in [-0.2, 0) is 25.7 Å². The highest BCUT2D eigenvalue weighted by Gasteiger charge is 2.35. The third-order valence-electron chi connectivity index (χ3n) is 3.69. The first-order valence-electron chi connectivity index (χ1n) is 6.88. The molecular formula is C14H16F3N3S. The summed E-state index contributed by atoms with van der Waals surface area (Å²) in [4.78, 5) is 4.97. The topological polar surface area (TPSA) is 29.9 Å². The number of nitrogens with one attached hydrogen (secondary N) is 1. The lowest BCUT2D eigenvalue weighted by Crippen LogP contribution is -2.29. The summed E-state index contributed by atoms with van der Waals surface area (Å²) in [6, 6.07) is 4.08. The molecule has 0 bridgehead atoms. The van der Waals surface area contributed by atoms with Crippen molar-refractivity contribution in [1.82, 2.24) is 14.9 Å². The van der Waals surface area contributed by atoms with E-state index in [1.807, 2.05) is 11.4 Å². The van der Waals surface area contributed by atoms with Gasteiger partial charge in [0.25, 0.3) is 0 Å². The average Bonchev–Trinajstić information content (AvgIpc) is 3.05. The van der Waals surface area contributed by atoms with Crippen molar-refractivity contribution in [3.05, 3.63) is 40.1 Å². The summed E-state index contributed by atoms with van der Waals surface area (Å²) >= 11 is 1.70. The van der Waals surface area contributed by atoms with Gasteiger partial charge in [-0.2, -0.15) is 13.2 Å². The number of rotatable bonds is 4. The average molecular weight is 315 g/mol. The number of hydrogen-bond donors (Lipinski definition) is 1. The second-order valence-electron chi connectivity index (χ2n) is 5.31. The second-order valence-corrected chi connectivity index (χ2v) is 6.34. The van der Waals surface area contributed by atoms with Crippen LogP contribution in [0.3, 0.4) is 0 Å². The Morgan fingerprint density at radius 2 is 2.29 bits per heavy atom. The molecule has 0 amide bonds. The molecule has 3 nitrogen and oxygen atoms in total. The molecule has 0 radical (unpaired) electrons. The summed E-state index contributed by atoms with van der Waals surface area (Å²) in [5.74, 6) is 0.907. The van der Waals surface area contributed by atoms with Crippen LogP contribution in [0.5, 0.6) is 0 Å². The number of hydrogen-bond acceptors (Lipinski definition) is 3. The van der Waals surface area contributed by atoms with Crippen LogP contribution in [0.15, 0.2) is 23.7 Å². The Kier molecular flexibility index (Phi) is 4.03. The molecule has 1 aliphatic heterocycles. The molecule has 0 saturated carbocycles. The molecule has 0 saturated heterocycles. The van der Waals surface area contributed by atoms with E-state index in [4.69, 9.17) is 0 Å². The largest absolute Gasteiger partial charge is 0.434 e. The van der Waals surface area contributed by atoms with E-state index in [0.29, 0.717) is 24.7 Å². The number of nitrogens with zero attached hydrogens (tertiary/aromatic N) is 2. The highest BCUT2D eigenvalue weighted by molar-refractivity contribution is 7.09. The van der Waals surface area contributed by atoms with E-state index in [1.54, 1.807) is 15.9 Å². The van der Waals surface area contributed by atoms with Crippen LogP contribution < -0.4 is 5.32 Å². The lowest BCUT2D eigenvalue weighted by atomic mass is 9.99. The third kappa shape index (κ3) is 3.47. The molecule has 0 aromatic carbocycles. The number of fused-ring (bicyclic) bond motifs is 1. The molecule has 2 aromatic rings. The van der Waals surface area contributed by atoms with Crippen molar-refractivity contribution in [2.45, 2.75) is 32.1 Å². The summed E-state index contributed by atoms with van der Waals surface area (Å²) in [6.07, 6.45) is -1.72. The minimum Gasteiger partial charge on any atom is -0.334 e. The van der Waals surface area contributed by atoms with E-state index in [0.717, 1.165) is 25.7 Å². The van der Waals surface area contributed by atoms with Crippen LogP contribution >= 0.6 is 11.3 Å². The van der Waals surface area contributed by atoms with Crippen LogP contribution in [0, 0.1) is 5.92 Å². The van der Waals surface area contributed by atoms with Gasteiger partial charge in [0, 0.05) is 37.1 Å². The predicted molar refractivity (Wildman–Crippen MR) is 75.1 cm³/mol. The van der Waals surface area contributed by atoms with Crippen molar-refractivity contribution in [3.63, 3.8) is 0 Å². The Labute approximate surface area is 124 Å². The first-order valence-corrected chi connectivity index (χ1v) is 7.76. The molecular weight excluding hydrogens is 299 g/mol. The molecule has 1 N–H and O–H groups in total. The normalized spacial score (nSPS) is 18.7. The molecule has 1 aliphatic rings. The molecule has 1 atom stereocenters. The summed E-state index contributed by atoms with van der Waals surface area (Å²) in [6.45, 7) is 2.24.